The number of aromatic nitrogens is 2. The Hall–Kier alpha value is -4.50. The highest BCUT2D eigenvalue weighted by Crippen LogP contribution is 2.44. The van der Waals surface area contributed by atoms with Crippen LogP contribution in [0.3, 0.4) is 0 Å². The second-order valence-electron chi connectivity index (χ2n) is 10.5. The Bertz CT molecular complexity index is 1620. The number of nitrogens with zero attached hydrogens (tertiary/aromatic N) is 2. The van der Waals surface area contributed by atoms with Crippen molar-refractivity contribution in [3.05, 3.63) is 77.2 Å². The second kappa shape index (κ2) is 10.6. The van der Waals surface area contributed by atoms with Gasteiger partial charge in [0.25, 0.3) is 5.91 Å². The van der Waals surface area contributed by atoms with Crippen molar-refractivity contribution < 1.29 is 14.3 Å². The number of anilines is 1. The average Bonchev–Trinajstić information content (AvgIpc) is 3.53. The van der Waals surface area contributed by atoms with Crippen LogP contribution in [0.15, 0.2) is 54.7 Å². The highest BCUT2D eigenvalue weighted by atomic mass is 16.5. The van der Waals surface area contributed by atoms with Crippen molar-refractivity contribution in [2.75, 3.05) is 25.5 Å². The van der Waals surface area contributed by atoms with Gasteiger partial charge in [-0.25, -0.2) is 0 Å². The third-order valence-electron chi connectivity index (χ3n) is 7.86. The van der Waals surface area contributed by atoms with Crippen LogP contribution in [0.5, 0.6) is 0 Å². The third kappa shape index (κ3) is 4.73. The lowest BCUT2D eigenvalue weighted by Crippen LogP contribution is -2.36. The average molecular weight is 537 g/mol. The monoisotopic (exact) mass is 536 g/mol. The number of benzene rings is 2. The maximum atomic E-state index is 12.9. The van der Waals surface area contributed by atoms with Crippen molar-refractivity contribution in [2.24, 2.45) is 0 Å². The molecule has 2 aliphatic rings. The van der Waals surface area contributed by atoms with Crippen LogP contribution in [-0.2, 0) is 9.53 Å². The van der Waals surface area contributed by atoms with E-state index in [0.29, 0.717) is 43.0 Å². The highest BCUT2D eigenvalue weighted by molar-refractivity contribution is 6.05. The third-order valence-corrected chi connectivity index (χ3v) is 7.86. The van der Waals surface area contributed by atoms with Gasteiger partial charge in [0.1, 0.15) is 0 Å². The quantitative estimate of drug-likeness (QED) is 0.217. The van der Waals surface area contributed by atoms with Crippen LogP contribution in [0, 0.1) is 12.3 Å². The lowest BCUT2D eigenvalue weighted by Gasteiger charge is -2.26. The molecule has 5 N–H and O–H groups in total. The molecule has 204 valence electrons. The number of nitrogen functional groups attached to an aromatic ring is 1. The minimum Gasteiger partial charge on any atom is -0.398 e. The number of carbonyl (C=O) groups is 2. The summed E-state index contributed by atoms with van der Waals surface area (Å²) in [6.07, 6.45) is 5.19. The van der Waals surface area contributed by atoms with Gasteiger partial charge in [-0.1, -0.05) is 0 Å². The topological polar surface area (TPSA) is 135 Å². The molecule has 2 fully saturated rings. The van der Waals surface area contributed by atoms with Gasteiger partial charge in [0, 0.05) is 89.3 Å². The van der Waals surface area contributed by atoms with Gasteiger partial charge in [0.15, 0.2) is 0 Å². The number of nitrogens with one attached hydrogen (secondary N) is 3. The number of aryl methyl sites for hydroxylation is 1. The predicted octanol–water partition coefficient (Wildman–Crippen LogP) is 4.09. The van der Waals surface area contributed by atoms with E-state index in [1.807, 2.05) is 55.6 Å². The van der Waals surface area contributed by atoms with Crippen molar-refractivity contribution in [3.63, 3.8) is 0 Å². The van der Waals surface area contributed by atoms with E-state index in [4.69, 9.17) is 15.9 Å². The van der Waals surface area contributed by atoms with Gasteiger partial charge >= 0.3 is 0 Å². The molecule has 2 aromatic carbocycles. The maximum absolute atomic E-state index is 12.9. The number of rotatable bonds is 6. The summed E-state index contributed by atoms with van der Waals surface area (Å²) in [6.45, 7) is 3.81. The van der Waals surface area contributed by atoms with E-state index in [2.05, 4.69) is 26.3 Å². The Kier molecular flexibility index (Phi) is 6.81. The molecule has 9 heteroatoms. The molecule has 0 radical (unpaired) electrons. The Morgan fingerprint density at radius 2 is 1.95 bits per heavy atom. The zero-order valence-electron chi connectivity index (χ0n) is 22.4. The number of hydrogen-bond donors (Lipinski definition) is 4. The minimum absolute atomic E-state index is 0.0496. The first-order chi connectivity index (χ1) is 19.4. The summed E-state index contributed by atoms with van der Waals surface area (Å²) in [5.41, 5.74) is 14.3. The number of nitrogens with two attached hydrogens (primary N) is 1. The second-order valence-corrected chi connectivity index (χ2v) is 10.5. The summed E-state index contributed by atoms with van der Waals surface area (Å²) in [5.74, 6) is -0.0149. The number of pyridine rings is 1. The van der Waals surface area contributed by atoms with Gasteiger partial charge in [-0.2, -0.15) is 0 Å². The molecule has 4 heterocycles. The molecule has 1 atom stereocenters. The number of hydrogen-bond acceptors (Lipinski definition) is 6. The molecule has 40 heavy (non-hydrogen) atoms. The fourth-order valence-corrected chi connectivity index (χ4v) is 5.89. The van der Waals surface area contributed by atoms with Gasteiger partial charge in [-0.05, 0) is 73.9 Å². The zero-order valence-corrected chi connectivity index (χ0v) is 22.4. The first-order valence-corrected chi connectivity index (χ1v) is 13.6. The molecule has 6 rings (SSSR count). The number of fused-ring (bicyclic) bond motifs is 1. The van der Waals surface area contributed by atoms with Crippen molar-refractivity contribution >= 4 is 34.6 Å². The van der Waals surface area contributed by atoms with Gasteiger partial charge < -0.3 is 31.1 Å². The first-order valence-electron chi connectivity index (χ1n) is 13.6. The molecular formula is C31H32N6O3. The Labute approximate surface area is 232 Å². The van der Waals surface area contributed by atoms with Crippen molar-refractivity contribution in [2.45, 2.75) is 38.1 Å². The molecule has 2 aliphatic heterocycles. The van der Waals surface area contributed by atoms with Crippen LogP contribution in [0.25, 0.3) is 27.7 Å². The number of ether oxygens (including phenoxy) is 1. The summed E-state index contributed by atoms with van der Waals surface area (Å²) < 4.78 is 7.98. The molecule has 1 unspecified atom stereocenters. The number of amides is 2. The van der Waals surface area contributed by atoms with Crippen LogP contribution in [0.1, 0.15) is 52.5 Å². The van der Waals surface area contributed by atoms with Gasteiger partial charge in [-0.15, -0.1) is 0 Å². The molecule has 2 aromatic heterocycles. The lowest BCUT2D eigenvalue weighted by molar-refractivity contribution is -0.119. The fourth-order valence-electron chi connectivity index (χ4n) is 5.89. The van der Waals surface area contributed by atoms with E-state index in [1.54, 1.807) is 0 Å². The Morgan fingerprint density at radius 1 is 1.18 bits per heavy atom. The van der Waals surface area contributed by atoms with Crippen molar-refractivity contribution in [3.8, 4) is 16.8 Å². The lowest BCUT2D eigenvalue weighted by atomic mass is 9.90. The minimum atomic E-state index is -0.206. The molecule has 0 saturated carbocycles. The summed E-state index contributed by atoms with van der Waals surface area (Å²) in [5, 5.41) is 14.7. The largest absolute Gasteiger partial charge is 0.398 e. The molecule has 4 aromatic rings. The molecule has 0 aliphatic carbocycles. The van der Waals surface area contributed by atoms with E-state index in [0.717, 1.165) is 51.9 Å². The smallest absolute Gasteiger partial charge is 0.251 e. The molecule has 2 amide bonds. The first kappa shape index (κ1) is 25.8. The van der Waals surface area contributed by atoms with Crippen LogP contribution in [-0.4, -0.2) is 53.4 Å². The highest BCUT2D eigenvalue weighted by Gasteiger charge is 2.29. The van der Waals surface area contributed by atoms with Gasteiger partial charge in [-0.3, -0.25) is 14.6 Å². The Morgan fingerprint density at radius 3 is 2.62 bits per heavy atom. The maximum Gasteiger partial charge on any atom is 0.251 e. The van der Waals surface area contributed by atoms with Gasteiger partial charge in [0.2, 0.25) is 5.91 Å². The molecular weight excluding hydrogens is 504 g/mol. The fraction of sp³-hybridized carbons (Fsp3) is 0.290. The van der Waals surface area contributed by atoms with Crippen molar-refractivity contribution in [1.29, 1.82) is 5.41 Å². The zero-order chi connectivity index (χ0) is 27.8. The Balaban J connectivity index is 1.52. The van der Waals surface area contributed by atoms with Crippen LogP contribution in [0.4, 0.5) is 5.69 Å². The molecule has 0 bridgehead atoms. The van der Waals surface area contributed by atoms with Crippen LogP contribution in [0.2, 0.25) is 0 Å². The predicted molar refractivity (Wildman–Crippen MR) is 155 cm³/mol. The van der Waals surface area contributed by atoms with E-state index >= 15 is 0 Å². The standard InChI is InChI=1S/C31H32N6O3/c1-18-12-21(6-9-34-18)29-25-13-22(16-32)26(33)15-27(25)37(30(29)19-7-10-40-11-8-19)24-4-2-20(3-5-24)31(39)36-23-14-28(38)35-17-23/h2-6,9,12-13,15-16,19,23,32H,7-8,10-11,14,17,33H2,1H3,(H,35,38)(H,36,39). The number of carbonyl (C=O) groups excluding carboxylic acids is 2. The summed E-state index contributed by atoms with van der Waals surface area (Å²) in [7, 11) is 0. The van der Waals surface area contributed by atoms with Crippen LogP contribution >= 0.6 is 0 Å². The van der Waals surface area contributed by atoms with Crippen LogP contribution < -0.4 is 16.4 Å². The molecule has 9 nitrogen and oxygen atoms in total. The molecule has 0 spiro atoms. The van der Waals surface area contributed by atoms with Gasteiger partial charge in [0.05, 0.1) is 11.6 Å². The summed E-state index contributed by atoms with van der Waals surface area (Å²) in [6, 6.07) is 15.4. The summed E-state index contributed by atoms with van der Waals surface area (Å²) >= 11 is 0. The van der Waals surface area contributed by atoms with E-state index in [9.17, 15) is 9.59 Å². The normalized spacial score (nSPS) is 17.6. The molecule has 2 saturated heterocycles. The van der Waals surface area contributed by atoms with E-state index < -0.39 is 0 Å². The van der Waals surface area contributed by atoms with E-state index in [1.165, 1.54) is 6.21 Å². The SMILES string of the molecule is Cc1cc(-c2c(C3CCOCC3)n(-c3ccc(C(=O)NC4CNC(=O)C4)cc3)c3cc(N)c(C=N)cc23)ccn1. The van der Waals surface area contributed by atoms with E-state index in [-0.39, 0.29) is 23.8 Å². The van der Waals surface area contributed by atoms with Crippen molar-refractivity contribution in [1.82, 2.24) is 20.2 Å². The summed E-state index contributed by atoms with van der Waals surface area (Å²) in [4.78, 5) is 28.9.